The summed E-state index contributed by atoms with van der Waals surface area (Å²) in [6, 6.07) is 16.1. The number of aliphatic carboxylic acids is 1. The Morgan fingerprint density at radius 1 is 0.795 bits per heavy atom. The third kappa shape index (κ3) is 13.2. The summed E-state index contributed by atoms with van der Waals surface area (Å²) in [5.74, 6) is -1.27. The number of benzene rings is 2. The van der Waals surface area contributed by atoms with Crippen LogP contribution < -0.4 is 4.74 Å². The Labute approximate surface area is 229 Å². The fourth-order valence-corrected chi connectivity index (χ4v) is 3.35. The van der Waals surface area contributed by atoms with Gasteiger partial charge in [0.15, 0.2) is 0 Å². The molecule has 39 heavy (non-hydrogen) atoms. The summed E-state index contributed by atoms with van der Waals surface area (Å²) in [6.45, 7) is 7.61. The van der Waals surface area contributed by atoms with Crippen LogP contribution in [0.5, 0.6) is 5.75 Å². The van der Waals surface area contributed by atoms with Crippen LogP contribution in [0.3, 0.4) is 0 Å². The van der Waals surface area contributed by atoms with Crippen LogP contribution >= 0.6 is 0 Å². The predicted octanol–water partition coefficient (Wildman–Crippen LogP) is 3.57. The average molecular weight is 546 g/mol. The molecule has 2 rings (SSSR count). The predicted molar refractivity (Wildman–Crippen MR) is 144 cm³/mol. The maximum absolute atomic E-state index is 12.9. The van der Waals surface area contributed by atoms with Crippen molar-refractivity contribution in [1.29, 1.82) is 0 Å². The van der Waals surface area contributed by atoms with Gasteiger partial charge in [-0.05, 0) is 44.5 Å². The van der Waals surface area contributed by atoms with Gasteiger partial charge in [-0.1, -0.05) is 36.4 Å². The molecule has 0 aliphatic heterocycles. The minimum Gasteiger partial charge on any atom is -0.491 e. The van der Waals surface area contributed by atoms with Crippen LogP contribution in [0, 0.1) is 0 Å². The third-order valence-corrected chi connectivity index (χ3v) is 5.36. The van der Waals surface area contributed by atoms with Crippen LogP contribution in [0.15, 0.2) is 54.6 Å². The molecule has 1 N–H and O–H groups in total. The Morgan fingerprint density at radius 3 is 2.03 bits per heavy atom. The molecule has 0 aliphatic rings. The van der Waals surface area contributed by atoms with E-state index in [9.17, 15) is 14.4 Å². The van der Waals surface area contributed by atoms with E-state index in [4.69, 9.17) is 28.8 Å². The lowest BCUT2D eigenvalue weighted by Gasteiger charge is -2.34. The van der Waals surface area contributed by atoms with Crippen molar-refractivity contribution in [1.82, 2.24) is 4.90 Å². The van der Waals surface area contributed by atoms with Gasteiger partial charge in [-0.15, -0.1) is 0 Å². The van der Waals surface area contributed by atoms with Gasteiger partial charge in [-0.25, -0.2) is 0 Å². The van der Waals surface area contributed by atoms with E-state index in [0.717, 1.165) is 5.56 Å². The maximum atomic E-state index is 12.9. The molecule has 0 spiro atoms. The largest absolute Gasteiger partial charge is 0.491 e. The first-order valence-electron chi connectivity index (χ1n) is 12.9. The average Bonchev–Trinajstić information content (AvgIpc) is 2.91. The van der Waals surface area contributed by atoms with Gasteiger partial charge in [0.05, 0.1) is 46.1 Å². The SMILES string of the molecule is CC(C)(C)N(CC(=O)O)C(=O)c1cccc(OCCOCCOCCOCCC(=O)OCc2ccccc2)c1. The molecule has 0 aromatic heterocycles. The van der Waals surface area contributed by atoms with E-state index in [0.29, 0.717) is 44.3 Å². The van der Waals surface area contributed by atoms with Crippen LogP contribution in [0.4, 0.5) is 0 Å². The fraction of sp³-hybridized carbons (Fsp3) is 0.483. The quantitative estimate of drug-likeness (QED) is 0.221. The summed E-state index contributed by atoms with van der Waals surface area (Å²) in [4.78, 5) is 37.1. The molecule has 0 aliphatic carbocycles. The van der Waals surface area contributed by atoms with Crippen molar-refractivity contribution >= 4 is 17.8 Å². The molecule has 1 amide bonds. The van der Waals surface area contributed by atoms with Crippen molar-refractivity contribution in [3.63, 3.8) is 0 Å². The summed E-state index contributed by atoms with van der Waals surface area (Å²) in [5.41, 5.74) is 0.645. The lowest BCUT2D eigenvalue weighted by atomic mass is 10.0. The monoisotopic (exact) mass is 545 g/mol. The number of carboxylic acids is 1. The topological polar surface area (TPSA) is 121 Å². The van der Waals surface area contributed by atoms with Gasteiger partial charge in [0.1, 0.15) is 25.5 Å². The number of carbonyl (C=O) groups excluding carboxylic acids is 2. The van der Waals surface area contributed by atoms with E-state index in [1.54, 1.807) is 45.0 Å². The van der Waals surface area contributed by atoms with E-state index in [1.807, 2.05) is 30.3 Å². The van der Waals surface area contributed by atoms with Gasteiger partial charge in [0.2, 0.25) is 0 Å². The molecular formula is C29H39NO9. The van der Waals surface area contributed by atoms with E-state index in [2.05, 4.69) is 0 Å². The first kappa shape index (κ1) is 31.7. The molecule has 0 heterocycles. The van der Waals surface area contributed by atoms with Crippen LogP contribution in [-0.4, -0.2) is 86.2 Å². The molecule has 0 saturated carbocycles. The number of amides is 1. The van der Waals surface area contributed by atoms with Crippen LogP contribution in [0.1, 0.15) is 43.1 Å². The lowest BCUT2D eigenvalue weighted by Crippen LogP contribution is -2.48. The van der Waals surface area contributed by atoms with Gasteiger partial charge < -0.3 is 33.7 Å². The molecule has 10 nitrogen and oxygen atoms in total. The standard InChI is InChI=1S/C29H39NO9/c1-29(2,3)30(21-26(31)32)28(34)24-10-7-11-25(20-24)38-19-18-37-17-16-36-15-14-35-13-12-27(33)39-22-23-8-5-4-6-9-23/h4-11,20H,12-19,21-22H2,1-3H3,(H,31,32). The van der Waals surface area contributed by atoms with Crippen LogP contribution in [0.25, 0.3) is 0 Å². The summed E-state index contributed by atoms with van der Waals surface area (Å²) < 4.78 is 27.2. The molecule has 0 unspecified atom stereocenters. The molecule has 214 valence electrons. The molecule has 0 saturated heterocycles. The second-order valence-corrected chi connectivity index (χ2v) is 9.57. The van der Waals surface area contributed by atoms with E-state index < -0.39 is 11.5 Å². The van der Waals surface area contributed by atoms with Crippen LogP contribution in [0.2, 0.25) is 0 Å². The smallest absolute Gasteiger partial charge is 0.323 e. The second-order valence-electron chi connectivity index (χ2n) is 9.57. The van der Waals surface area contributed by atoms with Crippen molar-refractivity contribution in [2.45, 2.75) is 39.3 Å². The highest BCUT2D eigenvalue weighted by atomic mass is 16.6. The number of carboxylic acid groups (broad SMARTS) is 1. The number of rotatable bonds is 18. The summed E-state index contributed by atoms with van der Waals surface area (Å²) in [5, 5.41) is 9.17. The minimum absolute atomic E-state index is 0.185. The van der Waals surface area contributed by atoms with E-state index >= 15 is 0 Å². The lowest BCUT2D eigenvalue weighted by molar-refractivity contribution is -0.146. The Balaban J connectivity index is 1.51. The molecule has 0 fully saturated rings. The van der Waals surface area contributed by atoms with E-state index in [1.165, 1.54) is 4.90 Å². The highest BCUT2D eigenvalue weighted by Crippen LogP contribution is 2.20. The Kier molecular flexibility index (Phi) is 14.0. The number of hydrogen-bond acceptors (Lipinski definition) is 8. The number of hydrogen-bond donors (Lipinski definition) is 1. The Bertz CT molecular complexity index is 1020. The Morgan fingerprint density at radius 2 is 1.41 bits per heavy atom. The van der Waals surface area contributed by atoms with Gasteiger partial charge >= 0.3 is 11.9 Å². The second kappa shape index (κ2) is 17.2. The fourth-order valence-electron chi connectivity index (χ4n) is 3.35. The van der Waals surface area contributed by atoms with Gasteiger partial charge in [-0.2, -0.15) is 0 Å². The van der Waals surface area contributed by atoms with Crippen molar-refractivity contribution in [3.05, 3.63) is 65.7 Å². The zero-order chi connectivity index (χ0) is 28.5. The molecule has 2 aromatic rings. The first-order valence-corrected chi connectivity index (χ1v) is 12.9. The first-order chi connectivity index (χ1) is 18.7. The van der Waals surface area contributed by atoms with Crippen molar-refractivity contribution in [2.75, 3.05) is 52.8 Å². The van der Waals surface area contributed by atoms with E-state index in [-0.39, 0.29) is 44.7 Å². The molecule has 0 bridgehead atoms. The summed E-state index contributed by atoms with van der Waals surface area (Å²) >= 11 is 0. The zero-order valence-electron chi connectivity index (χ0n) is 22.9. The zero-order valence-corrected chi connectivity index (χ0v) is 22.9. The van der Waals surface area contributed by atoms with Gasteiger partial charge in [-0.3, -0.25) is 14.4 Å². The maximum Gasteiger partial charge on any atom is 0.323 e. The molecule has 10 heteroatoms. The number of ether oxygens (including phenoxy) is 5. The highest BCUT2D eigenvalue weighted by molar-refractivity contribution is 5.96. The van der Waals surface area contributed by atoms with Crippen molar-refractivity contribution < 1.29 is 43.2 Å². The van der Waals surface area contributed by atoms with Crippen molar-refractivity contribution in [3.8, 4) is 5.75 Å². The number of nitrogens with zero attached hydrogens (tertiary/aromatic N) is 1. The number of esters is 1. The van der Waals surface area contributed by atoms with Gasteiger partial charge in [0.25, 0.3) is 5.91 Å². The minimum atomic E-state index is -1.07. The molecular weight excluding hydrogens is 506 g/mol. The highest BCUT2D eigenvalue weighted by Gasteiger charge is 2.29. The third-order valence-electron chi connectivity index (χ3n) is 5.36. The van der Waals surface area contributed by atoms with Gasteiger partial charge in [0, 0.05) is 11.1 Å². The number of carbonyl (C=O) groups is 3. The molecule has 2 aromatic carbocycles. The molecule has 0 radical (unpaired) electrons. The summed E-state index contributed by atoms with van der Waals surface area (Å²) in [6.07, 6.45) is 0.185. The van der Waals surface area contributed by atoms with Crippen molar-refractivity contribution in [2.24, 2.45) is 0 Å². The summed E-state index contributed by atoms with van der Waals surface area (Å²) in [7, 11) is 0. The molecule has 0 atom stereocenters. The Hall–Kier alpha value is -3.47. The normalized spacial score (nSPS) is 11.2. The van der Waals surface area contributed by atoms with Crippen LogP contribution in [-0.2, 0) is 35.1 Å².